The third kappa shape index (κ3) is 2.80. The van der Waals surface area contributed by atoms with Gasteiger partial charge in [-0.25, -0.2) is 0 Å². The van der Waals surface area contributed by atoms with Crippen LogP contribution in [-0.4, -0.2) is 9.67 Å². The maximum atomic E-state index is 10.2. The van der Waals surface area contributed by atoms with Crippen molar-refractivity contribution in [2.24, 2.45) is 0 Å². The minimum Gasteiger partial charge on any atom is -0.388 e. The van der Waals surface area contributed by atoms with Gasteiger partial charge in [0.05, 0.1) is 6.10 Å². The lowest BCUT2D eigenvalue weighted by Crippen LogP contribution is -1.99. The Hall–Kier alpha value is -1.54. The number of aliphatic hydroxyl groups is 1. The van der Waals surface area contributed by atoms with Gasteiger partial charge in [0.15, 0.2) is 0 Å². The zero-order valence-electron chi connectivity index (χ0n) is 12.4. The molecule has 2 aromatic rings. The molecule has 1 atom stereocenters. The van der Waals surface area contributed by atoms with Crippen molar-refractivity contribution in [2.45, 2.75) is 52.2 Å². The van der Waals surface area contributed by atoms with Crippen molar-refractivity contribution in [3.63, 3.8) is 0 Å². The molecular weight excluding hydrogens is 246 g/mol. The van der Waals surface area contributed by atoms with E-state index in [1.807, 2.05) is 0 Å². The maximum absolute atomic E-state index is 10.2. The quantitative estimate of drug-likeness (QED) is 0.821. The van der Waals surface area contributed by atoms with Crippen LogP contribution in [0, 0.1) is 13.8 Å². The highest BCUT2D eigenvalue weighted by molar-refractivity contribution is 5.31. The Labute approximate surface area is 121 Å². The number of fused-ring (bicyclic) bond motifs is 1. The molecule has 2 nitrogen and oxygen atoms in total. The third-order valence-corrected chi connectivity index (χ3v) is 4.18. The lowest BCUT2D eigenvalue weighted by molar-refractivity contribution is 0.166. The number of aromatic nitrogens is 1. The molecule has 1 N–H and O–H groups in total. The van der Waals surface area contributed by atoms with Gasteiger partial charge < -0.3 is 9.67 Å². The Kier molecular flexibility index (Phi) is 3.66. The topological polar surface area (TPSA) is 25.2 Å². The molecule has 0 amide bonds. The molecule has 0 fully saturated rings. The summed E-state index contributed by atoms with van der Waals surface area (Å²) >= 11 is 0. The molecule has 1 unspecified atom stereocenters. The van der Waals surface area contributed by atoms with Gasteiger partial charge in [-0.2, -0.15) is 0 Å². The molecule has 0 aliphatic heterocycles. The van der Waals surface area contributed by atoms with E-state index in [-0.39, 0.29) is 6.10 Å². The second-order valence-corrected chi connectivity index (χ2v) is 6.17. The first-order chi connectivity index (χ1) is 9.61. The molecule has 1 aliphatic carbocycles. The molecule has 1 aromatic heterocycles. The molecule has 20 heavy (non-hydrogen) atoms. The fourth-order valence-electron chi connectivity index (χ4n) is 3.35. The van der Waals surface area contributed by atoms with Gasteiger partial charge in [0.1, 0.15) is 0 Å². The number of aryl methyl sites for hydroxylation is 3. The Morgan fingerprint density at radius 1 is 1.10 bits per heavy atom. The van der Waals surface area contributed by atoms with Crippen molar-refractivity contribution in [2.75, 3.05) is 0 Å². The summed E-state index contributed by atoms with van der Waals surface area (Å²) in [4.78, 5) is 0. The molecule has 0 saturated heterocycles. The molecule has 1 aliphatic rings. The minimum absolute atomic E-state index is 0.270. The van der Waals surface area contributed by atoms with Gasteiger partial charge in [0.25, 0.3) is 0 Å². The van der Waals surface area contributed by atoms with Gasteiger partial charge >= 0.3 is 0 Å². The Balaban J connectivity index is 1.86. The van der Waals surface area contributed by atoms with E-state index in [1.165, 1.54) is 28.7 Å². The predicted octanol–water partition coefficient (Wildman–Crippen LogP) is 3.91. The van der Waals surface area contributed by atoms with Crippen LogP contribution in [0.1, 0.15) is 53.2 Å². The Bertz CT molecular complexity index is 592. The normalized spacial score (nSPS) is 18.6. The van der Waals surface area contributed by atoms with E-state index in [9.17, 15) is 5.11 Å². The van der Waals surface area contributed by atoms with E-state index in [0.29, 0.717) is 0 Å². The molecule has 0 bridgehead atoms. The second-order valence-electron chi connectivity index (χ2n) is 6.17. The predicted molar refractivity (Wildman–Crippen MR) is 82.0 cm³/mol. The van der Waals surface area contributed by atoms with Gasteiger partial charge in [-0.1, -0.05) is 35.7 Å². The van der Waals surface area contributed by atoms with E-state index < -0.39 is 0 Å². The first-order valence-electron chi connectivity index (χ1n) is 7.55. The van der Waals surface area contributed by atoms with Crippen LogP contribution >= 0.6 is 0 Å². The zero-order chi connectivity index (χ0) is 14.1. The molecule has 0 saturated carbocycles. The van der Waals surface area contributed by atoms with Crippen LogP contribution in [-0.2, 0) is 13.0 Å². The number of nitrogens with zero attached hydrogens (tertiary/aromatic N) is 1. The average Bonchev–Trinajstić information content (AvgIpc) is 2.68. The van der Waals surface area contributed by atoms with Crippen molar-refractivity contribution >= 4 is 0 Å². The summed E-state index contributed by atoms with van der Waals surface area (Å²) in [6, 6.07) is 6.70. The van der Waals surface area contributed by atoms with E-state index in [4.69, 9.17) is 0 Å². The summed E-state index contributed by atoms with van der Waals surface area (Å²) in [6.07, 6.45) is 8.43. The summed E-state index contributed by atoms with van der Waals surface area (Å²) in [5, 5.41) is 10.2. The second kappa shape index (κ2) is 5.45. The molecular formula is C18H23NO. The van der Waals surface area contributed by atoms with E-state index >= 15 is 0 Å². The van der Waals surface area contributed by atoms with Crippen molar-refractivity contribution in [1.29, 1.82) is 0 Å². The lowest BCUT2D eigenvalue weighted by atomic mass is 10.1. The smallest absolute Gasteiger partial charge is 0.0807 e. The highest BCUT2D eigenvalue weighted by Gasteiger charge is 2.18. The van der Waals surface area contributed by atoms with E-state index in [0.717, 1.165) is 31.4 Å². The molecule has 3 rings (SSSR count). The van der Waals surface area contributed by atoms with Crippen LogP contribution in [0.3, 0.4) is 0 Å². The number of aliphatic hydroxyl groups excluding tert-OH is 1. The van der Waals surface area contributed by atoms with Gasteiger partial charge in [0, 0.05) is 24.5 Å². The zero-order valence-corrected chi connectivity index (χ0v) is 12.4. The third-order valence-electron chi connectivity index (χ3n) is 4.18. The van der Waals surface area contributed by atoms with Crippen LogP contribution in [0.25, 0.3) is 0 Å². The summed E-state index contributed by atoms with van der Waals surface area (Å²) in [7, 11) is 0. The molecule has 1 heterocycles. The molecule has 2 heteroatoms. The van der Waals surface area contributed by atoms with Gasteiger partial charge in [-0.15, -0.1) is 0 Å². The van der Waals surface area contributed by atoms with E-state index in [1.54, 1.807) is 0 Å². The van der Waals surface area contributed by atoms with Crippen molar-refractivity contribution < 1.29 is 5.11 Å². The van der Waals surface area contributed by atoms with Crippen LogP contribution in [0.15, 0.2) is 30.6 Å². The Morgan fingerprint density at radius 3 is 2.60 bits per heavy atom. The number of benzene rings is 1. The fraction of sp³-hybridized carbons (Fsp3) is 0.444. The number of hydrogen-bond donors (Lipinski definition) is 1. The first-order valence-corrected chi connectivity index (χ1v) is 7.55. The first kappa shape index (κ1) is 13.4. The number of hydrogen-bond acceptors (Lipinski definition) is 1. The van der Waals surface area contributed by atoms with Crippen LogP contribution in [0.5, 0.6) is 0 Å². The van der Waals surface area contributed by atoms with Crippen molar-refractivity contribution in [3.05, 3.63) is 58.4 Å². The summed E-state index contributed by atoms with van der Waals surface area (Å²) in [5.41, 5.74) is 6.44. The largest absolute Gasteiger partial charge is 0.388 e. The molecule has 106 valence electrons. The minimum atomic E-state index is -0.270. The van der Waals surface area contributed by atoms with Crippen molar-refractivity contribution in [1.82, 2.24) is 4.57 Å². The lowest BCUT2D eigenvalue weighted by Gasteiger charge is -2.08. The van der Waals surface area contributed by atoms with Crippen LogP contribution in [0.4, 0.5) is 0 Å². The highest BCUT2D eigenvalue weighted by atomic mass is 16.3. The Morgan fingerprint density at radius 2 is 1.85 bits per heavy atom. The summed E-state index contributed by atoms with van der Waals surface area (Å²) in [6.45, 7) is 5.18. The maximum Gasteiger partial charge on any atom is 0.0807 e. The van der Waals surface area contributed by atoms with Gasteiger partial charge in [-0.3, -0.25) is 0 Å². The number of rotatable bonds is 2. The molecule has 0 spiro atoms. The SMILES string of the molecule is Cc1cc(C)cc(Cn2cc3c(c2)C(O)CCCC3)c1. The summed E-state index contributed by atoms with van der Waals surface area (Å²) in [5.74, 6) is 0. The highest BCUT2D eigenvalue weighted by Crippen LogP contribution is 2.29. The average molecular weight is 269 g/mol. The van der Waals surface area contributed by atoms with E-state index in [2.05, 4.69) is 49.0 Å². The molecule has 1 aromatic carbocycles. The van der Waals surface area contributed by atoms with Crippen molar-refractivity contribution in [3.8, 4) is 0 Å². The van der Waals surface area contributed by atoms with Gasteiger partial charge in [0.2, 0.25) is 0 Å². The molecule has 0 radical (unpaired) electrons. The van der Waals surface area contributed by atoms with Gasteiger partial charge in [-0.05, 0) is 44.2 Å². The fourth-order valence-corrected chi connectivity index (χ4v) is 3.35. The standard InChI is InChI=1S/C18H23NO/c1-13-7-14(2)9-15(8-13)10-19-11-16-5-3-4-6-18(20)17(16)12-19/h7-9,11-12,18,20H,3-6,10H2,1-2H3. The monoisotopic (exact) mass is 269 g/mol. The van der Waals surface area contributed by atoms with Crippen LogP contribution < -0.4 is 0 Å². The summed E-state index contributed by atoms with van der Waals surface area (Å²) < 4.78 is 2.23. The van der Waals surface area contributed by atoms with Crippen LogP contribution in [0.2, 0.25) is 0 Å².